The maximum Gasteiger partial charge on any atom is 0.252 e. The Morgan fingerprint density at radius 2 is 2.26 bits per heavy atom. The molecule has 0 atom stereocenters. The van der Waals surface area contributed by atoms with Crippen molar-refractivity contribution in [3.8, 4) is 12.3 Å². The quantitative estimate of drug-likeness (QED) is 0.601. The van der Waals surface area contributed by atoms with Crippen molar-refractivity contribution in [3.05, 3.63) is 29.6 Å². The lowest BCUT2D eigenvalue weighted by Gasteiger charge is -2.07. The number of nitrogens with one attached hydrogen (secondary N) is 1. The number of hydrogen-bond donors (Lipinski definition) is 1. The number of hydrogen-bond acceptors (Lipinski definition) is 3. The molecule has 19 heavy (non-hydrogen) atoms. The molecule has 1 heterocycles. The van der Waals surface area contributed by atoms with Gasteiger partial charge in [0.1, 0.15) is 0 Å². The topological polar surface area (TPSA) is 51.2 Å². The molecular formula is C15H20N2O2. The lowest BCUT2D eigenvalue weighted by Crippen LogP contribution is -2.27. The number of pyridine rings is 1. The minimum absolute atomic E-state index is 0.183. The van der Waals surface area contributed by atoms with E-state index in [4.69, 9.17) is 11.2 Å². The summed E-state index contributed by atoms with van der Waals surface area (Å²) in [6.45, 7) is 6.02. The predicted octanol–water partition coefficient (Wildman–Crippen LogP) is 1.86. The molecular weight excluding hydrogens is 240 g/mol. The number of nitrogens with zero attached hydrogens (tertiary/aromatic N) is 1. The Morgan fingerprint density at radius 1 is 1.47 bits per heavy atom. The van der Waals surface area contributed by atoms with E-state index in [1.807, 2.05) is 0 Å². The molecule has 4 heteroatoms. The number of rotatable bonds is 7. The van der Waals surface area contributed by atoms with E-state index in [1.165, 1.54) is 6.20 Å². The molecule has 1 amide bonds. The first-order valence-electron chi connectivity index (χ1n) is 6.41. The van der Waals surface area contributed by atoms with Crippen LogP contribution in [0.3, 0.4) is 0 Å². The van der Waals surface area contributed by atoms with E-state index in [-0.39, 0.29) is 5.91 Å². The smallest absolute Gasteiger partial charge is 0.252 e. The standard InChI is InChI=1S/C15H20N2O2/c1-4-13-9-14(11-16-10-13)15(18)17-6-8-19-7-5-12(2)3/h1,9-12H,5-8H2,2-3H3,(H,17,18). The number of carbonyl (C=O) groups excluding carboxylic acids is 1. The zero-order chi connectivity index (χ0) is 14.1. The molecule has 0 spiro atoms. The fourth-order valence-electron chi connectivity index (χ4n) is 1.40. The number of aromatic nitrogens is 1. The minimum atomic E-state index is -0.183. The van der Waals surface area contributed by atoms with E-state index in [2.05, 4.69) is 30.1 Å². The van der Waals surface area contributed by atoms with Crippen LogP contribution in [-0.2, 0) is 4.74 Å². The lowest BCUT2D eigenvalue weighted by atomic mass is 10.1. The highest BCUT2D eigenvalue weighted by Crippen LogP contribution is 2.01. The van der Waals surface area contributed by atoms with Crippen LogP contribution in [-0.4, -0.2) is 30.6 Å². The Morgan fingerprint density at radius 3 is 2.95 bits per heavy atom. The highest BCUT2D eigenvalue weighted by molar-refractivity contribution is 5.94. The average molecular weight is 260 g/mol. The summed E-state index contributed by atoms with van der Waals surface area (Å²) in [7, 11) is 0. The molecule has 102 valence electrons. The van der Waals surface area contributed by atoms with E-state index in [0.29, 0.717) is 30.2 Å². The van der Waals surface area contributed by atoms with Gasteiger partial charge in [-0.25, -0.2) is 0 Å². The fourth-order valence-corrected chi connectivity index (χ4v) is 1.40. The average Bonchev–Trinajstić information content (AvgIpc) is 2.42. The van der Waals surface area contributed by atoms with Crippen LogP contribution in [0.15, 0.2) is 18.5 Å². The summed E-state index contributed by atoms with van der Waals surface area (Å²) in [5, 5.41) is 2.77. The fraction of sp³-hybridized carbons (Fsp3) is 0.467. The van der Waals surface area contributed by atoms with Crippen molar-refractivity contribution >= 4 is 5.91 Å². The molecule has 0 saturated heterocycles. The molecule has 0 aliphatic carbocycles. The van der Waals surface area contributed by atoms with Gasteiger partial charge in [-0.05, 0) is 18.4 Å². The summed E-state index contributed by atoms with van der Waals surface area (Å²) in [5.74, 6) is 2.90. The molecule has 0 aliphatic heterocycles. The zero-order valence-corrected chi connectivity index (χ0v) is 11.5. The molecule has 1 rings (SSSR count). The van der Waals surface area contributed by atoms with Gasteiger partial charge in [-0.1, -0.05) is 19.8 Å². The van der Waals surface area contributed by atoms with Gasteiger partial charge in [0.05, 0.1) is 12.2 Å². The molecule has 0 radical (unpaired) electrons. The Bertz CT molecular complexity index is 450. The van der Waals surface area contributed by atoms with Crippen LogP contribution in [0.5, 0.6) is 0 Å². The van der Waals surface area contributed by atoms with Gasteiger partial charge in [-0.2, -0.15) is 0 Å². The summed E-state index contributed by atoms with van der Waals surface area (Å²) in [6.07, 6.45) is 9.33. The monoisotopic (exact) mass is 260 g/mol. The summed E-state index contributed by atoms with van der Waals surface area (Å²) < 4.78 is 5.41. The first-order chi connectivity index (χ1) is 9.13. The van der Waals surface area contributed by atoms with Crippen LogP contribution >= 0.6 is 0 Å². The van der Waals surface area contributed by atoms with Crippen molar-refractivity contribution in [3.63, 3.8) is 0 Å². The Labute approximate surface area is 114 Å². The van der Waals surface area contributed by atoms with E-state index in [1.54, 1.807) is 12.3 Å². The minimum Gasteiger partial charge on any atom is -0.380 e. The highest BCUT2D eigenvalue weighted by atomic mass is 16.5. The molecule has 1 N–H and O–H groups in total. The van der Waals surface area contributed by atoms with Crippen LogP contribution in [0.2, 0.25) is 0 Å². The summed E-state index contributed by atoms with van der Waals surface area (Å²) in [4.78, 5) is 15.7. The van der Waals surface area contributed by atoms with Crippen LogP contribution in [0, 0.1) is 18.3 Å². The van der Waals surface area contributed by atoms with Gasteiger partial charge in [0.2, 0.25) is 0 Å². The molecule has 0 bridgehead atoms. The normalized spacial score (nSPS) is 10.2. The number of ether oxygens (including phenoxy) is 1. The van der Waals surface area contributed by atoms with Crippen molar-refractivity contribution < 1.29 is 9.53 Å². The molecule has 0 aliphatic rings. The van der Waals surface area contributed by atoms with Crippen LogP contribution in [0.4, 0.5) is 0 Å². The van der Waals surface area contributed by atoms with E-state index in [0.717, 1.165) is 13.0 Å². The van der Waals surface area contributed by atoms with Gasteiger partial charge < -0.3 is 10.1 Å². The van der Waals surface area contributed by atoms with Crippen molar-refractivity contribution in [2.75, 3.05) is 19.8 Å². The summed E-state index contributed by atoms with van der Waals surface area (Å²) >= 11 is 0. The highest BCUT2D eigenvalue weighted by Gasteiger charge is 2.05. The van der Waals surface area contributed by atoms with Crippen LogP contribution in [0.1, 0.15) is 36.2 Å². The van der Waals surface area contributed by atoms with Gasteiger partial charge >= 0.3 is 0 Å². The van der Waals surface area contributed by atoms with E-state index < -0.39 is 0 Å². The third-order valence-electron chi connectivity index (χ3n) is 2.54. The molecule has 4 nitrogen and oxygen atoms in total. The predicted molar refractivity (Wildman–Crippen MR) is 74.8 cm³/mol. The number of carbonyl (C=O) groups is 1. The molecule has 1 aromatic heterocycles. The number of amides is 1. The maximum absolute atomic E-state index is 11.8. The summed E-state index contributed by atoms with van der Waals surface area (Å²) in [6, 6.07) is 1.64. The van der Waals surface area contributed by atoms with Crippen molar-refractivity contribution in [2.24, 2.45) is 5.92 Å². The van der Waals surface area contributed by atoms with Crippen LogP contribution < -0.4 is 5.32 Å². The van der Waals surface area contributed by atoms with Gasteiger partial charge in [0, 0.05) is 31.1 Å². The SMILES string of the molecule is C#Cc1cncc(C(=O)NCCOCCC(C)C)c1. The third-order valence-corrected chi connectivity index (χ3v) is 2.54. The van der Waals surface area contributed by atoms with E-state index >= 15 is 0 Å². The molecule has 0 aromatic carbocycles. The number of terminal acetylenes is 1. The second kappa shape index (κ2) is 8.28. The Kier molecular flexibility index (Phi) is 6.62. The molecule has 0 unspecified atom stereocenters. The van der Waals surface area contributed by atoms with Gasteiger partial charge in [0.15, 0.2) is 0 Å². The molecule has 0 saturated carbocycles. The lowest BCUT2D eigenvalue weighted by molar-refractivity contribution is 0.0905. The largest absolute Gasteiger partial charge is 0.380 e. The third kappa shape index (κ3) is 6.03. The summed E-state index contributed by atoms with van der Waals surface area (Å²) in [5.41, 5.74) is 1.07. The maximum atomic E-state index is 11.8. The molecule has 0 fully saturated rings. The first-order valence-corrected chi connectivity index (χ1v) is 6.41. The van der Waals surface area contributed by atoms with Gasteiger partial charge in [-0.3, -0.25) is 9.78 Å². The van der Waals surface area contributed by atoms with E-state index in [9.17, 15) is 4.79 Å². The Hall–Kier alpha value is -1.86. The van der Waals surface area contributed by atoms with Crippen molar-refractivity contribution in [1.29, 1.82) is 0 Å². The second-order valence-corrected chi connectivity index (χ2v) is 4.66. The van der Waals surface area contributed by atoms with Gasteiger partial charge in [-0.15, -0.1) is 6.42 Å². The van der Waals surface area contributed by atoms with Crippen molar-refractivity contribution in [2.45, 2.75) is 20.3 Å². The Balaban J connectivity index is 2.26. The van der Waals surface area contributed by atoms with Crippen molar-refractivity contribution in [1.82, 2.24) is 10.3 Å². The second-order valence-electron chi connectivity index (χ2n) is 4.66. The molecule has 1 aromatic rings. The first kappa shape index (κ1) is 15.2. The van der Waals surface area contributed by atoms with Gasteiger partial charge in [0.25, 0.3) is 5.91 Å². The zero-order valence-electron chi connectivity index (χ0n) is 11.5. The van der Waals surface area contributed by atoms with Crippen LogP contribution in [0.25, 0.3) is 0 Å².